The van der Waals surface area contributed by atoms with Crippen LogP contribution in [0.25, 0.3) is 10.2 Å². The van der Waals surface area contributed by atoms with Crippen molar-refractivity contribution in [2.45, 2.75) is 61.1 Å². The molecular weight excluding hydrogens is 450 g/mol. The summed E-state index contributed by atoms with van der Waals surface area (Å²) in [5, 5.41) is 0.342. The van der Waals surface area contributed by atoms with Gasteiger partial charge in [-0.25, -0.2) is 4.79 Å². The predicted molar refractivity (Wildman–Crippen MR) is 137 cm³/mol. The van der Waals surface area contributed by atoms with Crippen molar-refractivity contribution in [2.24, 2.45) is 5.41 Å². The van der Waals surface area contributed by atoms with Crippen LogP contribution in [0.3, 0.4) is 0 Å². The summed E-state index contributed by atoms with van der Waals surface area (Å²) in [6.45, 7) is 12.1. The van der Waals surface area contributed by atoms with Crippen LogP contribution in [0.5, 0.6) is 0 Å². The number of ketones is 1. The molecular formula is C26H33N3O4S. The van der Waals surface area contributed by atoms with Crippen LogP contribution in [0.15, 0.2) is 39.9 Å². The van der Waals surface area contributed by atoms with Crippen molar-refractivity contribution in [3.63, 3.8) is 0 Å². The zero-order chi connectivity index (χ0) is 25.2. The van der Waals surface area contributed by atoms with Crippen molar-refractivity contribution in [1.82, 2.24) is 14.0 Å². The molecule has 0 fully saturated rings. The van der Waals surface area contributed by atoms with E-state index in [1.54, 1.807) is 32.6 Å². The van der Waals surface area contributed by atoms with Gasteiger partial charge >= 0.3 is 5.69 Å². The van der Waals surface area contributed by atoms with E-state index in [0.717, 1.165) is 16.9 Å². The minimum atomic E-state index is -0.650. The fourth-order valence-corrected chi connectivity index (χ4v) is 5.12. The number of carbonyl (C=O) groups excluding carboxylic acids is 2. The molecule has 3 aromatic rings. The van der Waals surface area contributed by atoms with Crippen LogP contribution in [0.4, 0.5) is 0 Å². The summed E-state index contributed by atoms with van der Waals surface area (Å²) >= 11 is 1.13. The Bertz CT molecular complexity index is 1320. The Morgan fingerprint density at radius 2 is 1.62 bits per heavy atom. The zero-order valence-electron chi connectivity index (χ0n) is 20.8. The molecule has 0 N–H and O–H groups in total. The number of fused-ring (bicyclic) bond motifs is 1. The molecule has 0 aliphatic heterocycles. The molecule has 0 bridgehead atoms. The normalized spacial score (nSPS) is 11.7. The maximum absolute atomic E-state index is 13.5. The van der Waals surface area contributed by atoms with Gasteiger partial charge < -0.3 is 4.90 Å². The van der Waals surface area contributed by atoms with Gasteiger partial charge in [-0.15, -0.1) is 11.3 Å². The van der Waals surface area contributed by atoms with Gasteiger partial charge in [-0.2, -0.15) is 0 Å². The maximum atomic E-state index is 13.5. The molecule has 1 aromatic carbocycles. The number of nitrogens with zero attached hydrogens (tertiary/aromatic N) is 3. The van der Waals surface area contributed by atoms with E-state index in [0.29, 0.717) is 40.2 Å². The quantitative estimate of drug-likeness (QED) is 0.487. The SMILES string of the molecule is CCN(CC)C(=O)c1sc2c(c1C)c(=O)n(CCc1ccccc1)c(=O)n2CC(=O)C(C)(C)C. The average molecular weight is 484 g/mol. The van der Waals surface area contributed by atoms with Gasteiger partial charge in [0.1, 0.15) is 4.83 Å². The number of carbonyl (C=O) groups is 2. The molecule has 7 nitrogen and oxygen atoms in total. The van der Waals surface area contributed by atoms with Gasteiger partial charge in [0.25, 0.3) is 11.5 Å². The van der Waals surface area contributed by atoms with Crippen molar-refractivity contribution >= 4 is 33.2 Å². The fourth-order valence-electron chi connectivity index (χ4n) is 3.86. The summed E-state index contributed by atoms with van der Waals surface area (Å²) in [7, 11) is 0. The highest BCUT2D eigenvalue weighted by Crippen LogP contribution is 2.29. The molecule has 34 heavy (non-hydrogen) atoms. The molecule has 8 heteroatoms. The van der Waals surface area contributed by atoms with E-state index in [9.17, 15) is 19.2 Å². The second kappa shape index (κ2) is 10.1. The van der Waals surface area contributed by atoms with Crippen LogP contribution < -0.4 is 11.2 Å². The highest BCUT2D eigenvalue weighted by molar-refractivity contribution is 7.20. The van der Waals surface area contributed by atoms with E-state index < -0.39 is 16.7 Å². The summed E-state index contributed by atoms with van der Waals surface area (Å²) in [6.07, 6.45) is 0.503. The Hall–Kier alpha value is -3.00. The van der Waals surface area contributed by atoms with Gasteiger partial charge in [0, 0.05) is 25.0 Å². The molecule has 0 atom stereocenters. The highest BCUT2D eigenvalue weighted by atomic mass is 32.1. The van der Waals surface area contributed by atoms with Crippen molar-refractivity contribution in [3.05, 3.63) is 67.2 Å². The Kier molecular flexibility index (Phi) is 7.60. The van der Waals surface area contributed by atoms with Crippen molar-refractivity contribution in [3.8, 4) is 0 Å². The second-order valence-corrected chi connectivity index (χ2v) is 10.4. The molecule has 2 heterocycles. The molecule has 1 amide bonds. The largest absolute Gasteiger partial charge is 0.338 e. The number of hydrogen-bond acceptors (Lipinski definition) is 5. The first kappa shape index (κ1) is 25.6. The van der Waals surface area contributed by atoms with Gasteiger partial charge in [0.15, 0.2) is 5.78 Å². The molecule has 2 aromatic heterocycles. The lowest BCUT2D eigenvalue weighted by Crippen LogP contribution is -2.42. The van der Waals surface area contributed by atoms with E-state index in [4.69, 9.17) is 0 Å². The van der Waals surface area contributed by atoms with Crippen molar-refractivity contribution in [1.29, 1.82) is 0 Å². The third kappa shape index (κ3) is 4.92. The molecule has 0 unspecified atom stereocenters. The van der Waals surface area contributed by atoms with Crippen LogP contribution in [0.2, 0.25) is 0 Å². The number of thiophene rings is 1. The van der Waals surface area contributed by atoms with Gasteiger partial charge in [-0.3, -0.25) is 23.5 Å². The van der Waals surface area contributed by atoms with E-state index in [-0.39, 0.29) is 24.8 Å². The summed E-state index contributed by atoms with van der Waals surface area (Å²) < 4.78 is 2.59. The van der Waals surface area contributed by atoms with Crippen molar-refractivity contribution < 1.29 is 9.59 Å². The Morgan fingerprint density at radius 1 is 1.00 bits per heavy atom. The first-order valence-corrected chi connectivity index (χ1v) is 12.5. The number of aryl methyl sites for hydroxylation is 2. The molecule has 0 saturated carbocycles. The van der Waals surface area contributed by atoms with E-state index in [1.807, 2.05) is 44.2 Å². The first-order valence-electron chi connectivity index (χ1n) is 11.6. The van der Waals surface area contributed by atoms with E-state index in [2.05, 4.69) is 0 Å². The predicted octanol–water partition coefficient (Wildman–Crippen LogP) is 3.87. The minimum Gasteiger partial charge on any atom is -0.338 e. The number of rotatable bonds is 8. The number of benzene rings is 1. The minimum absolute atomic E-state index is 0.119. The molecule has 0 aliphatic carbocycles. The Morgan fingerprint density at radius 3 is 2.18 bits per heavy atom. The van der Waals surface area contributed by atoms with Crippen LogP contribution in [0.1, 0.15) is 55.4 Å². The van der Waals surface area contributed by atoms with Crippen LogP contribution in [0, 0.1) is 12.3 Å². The van der Waals surface area contributed by atoms with E-state index >= 15 is 0 Å². The second-order valence-electron chi connectivity index (χ2n) is 9.45. The molecule has 3 rings (SSSR count). The number of amides is 1. The summed E-state index contributed by atoms with van der Waals surface area (Å²) in [6, 6.07) is 9.63. The van der Waals surface area contributed by atoms with Gasteiger partial charge in [-0.05, 0) is 38.3 Å². The fraction of sp³-hybridized carbons (Fsp3) is 0.462. The Labute approximate surface area is 203 Å². The topological polar surface area (TPSA) is 81.4 Å². The summed E-state index contributed by atoms with van der Waals surface area (Å²) in [5.74, 6) is -0.285. The standard InChI is InChI=1S/C26H33N3O4S/c1-7-27(8-2)23(32)21-17(3)20-22(31)28(15-14-18-12-10-9-11-13-18)25(33)29(24(20)34-21)16-19(30)26(4,5)6/h9-13H,7-8,14-16H2,1-6H3. The summed E-state index contributed by atoms with van der Waals surface area (Å²) in [5.41, 5.74) is -0.0158. The van der Waals surface area contributed by atoms with Crippen LogP contribution >= 0.6 is 11.3 Å². The summed E-state index contributed by atoms with van der Waals surface area (Å²) in [4.78, 5) is 55.6. The van der Waals surface area contributed by atoms with Crippen LogP contribution in [-0.2, 0) is 24.3 Å². The van der Waals surface area contributed by atoms with Gasteiger partial charge in [0.2, 0.25) is 0 Å². The smallest absolute Gasteiger partial charge is 0.332 e. The monoisotopic (exact) mass is 483 g/mol. The Balaban J connectivity index is 2.23. The third-order valence-corrected chi connectivity index (χ3v) is 7.45. The zero-order valence-corrected chi connectivity index (χ0v) is 21.6. The lowest BCUT2D eigenvalue weighted by molar-refractivity contribution is -0.126. The van der Waals surface area contributed by atoms with Crippen LogP contribution in [-0.4, -0.2) is 38.8 Å². The van der Waals surface area contributed by atoms with Gasteiger partial charge in [0.05, 0.1) is 16.8 Å². The molecule has 0 aliphatic rings. The van der Waals surface area contributed by atoms with Gasteiger partial charge in [-0.1, -0.05) is 51.1 Å². The number of Topliss-reactive ketones (excluding diaryl/α,β-unsaturated/α-hetero) is 1. The molecule has 0 radical (unpaired) electrons. The average Bonchev–Trinajstić information content (AvgIpc) is 3.14. The number of aromatic nitrogens is 2. The highest BCUT2D eigenvalue weighted by Gasteiger charge is 2.28. The van der Waals surface area contributed by atoms with Crippen molar-refractivity contribution in [2.75, 3.05) is 13.1 Å². The van der Waals surface area contributed by atoms with E-state index in [1.165, 1.54) is 9.13 Å². The maximum Gasteiger partial charge on any atom is 0.332 e. The molecule has 182 valence electrons. The third-order valence-electron chi connectivity index (χ3n) is 6.14. The molecule has 0 saturated heterocycles. The lowest BCUT2D eigenvalue weighted by Gasteiger charge is -2.18. The lowest BCUT2D eigenvalue weighted by atomic mass is 9.91. The first-order chi connectivity index (χ1) is 16.0. The molecule has 0 spiro atoms. The number of hydrogen-bond donors (Lipinski definition) is 0.